The van der Waals surface area contributed by atoms with Crippen LogP contribution in [0.25, 0.3) is 11.3 Å². The zero-order valence-corrected chi connectivity index (χ0v) is 16.6. The van der Waals surface area contributed by atoms with Crippen molar-refractivity contribution < 1.29 is 14.3 Å². The summed E-state index contributed by atoms with van der Waals surface area (Å²) in [6.07, 6.45) is 4.86. The molecular formula is C19H25N7O3. The molecule has 0 radical (unpaired) electrons. The van der Waals surface area contributed by atoms with Crippen LogP contribution in [-0.2, 0) is 9.53 Å². The van der Waals surface area contributed by atoms with Crippen molar-refractivity contribution in [1.82, 2.24) is 24.8 Å². The van der Waals surface area contributed by atoms with Gasteiger partial charge >= 0.3 is 0 Å². The van der Waals surface area contributed by atoms with Crippen LogP contribution < -0.4 is 15.4 Å². The van der Waals surface area contributed by atoms with Gasteiger partial charge < -0.3 is 25.0 Å². The van der Waals surface area contributed by atoms with Gasteiger partial charge in [-0.1, -0.05) is 0 Å². The Morgan fingerprint density at radius 3 is 2.59 bits per heavy atom. The van der Waals surface area contributed by atoms with E-state index in [1.807, 2.05) is 7.05 Å². The number of ether oxygens (including phenoxy) is 2. The average Bonchev–Trinajstić information content (AvgIpc) is 2.71. The maximum atomic E-state index is 11.5. The van der Waals surface area contributed by atoms with Crippen molar-refractivity contribution in [3.05, 3.63) is 18.5 Å². The molecule has 10 nitrogen and oxygen atoms in total. The number of hydrogen-bond acceptors (Lipinski definition) is 9. The Kier molecular flexibility index (Phi) is 5.43. The van der Waals surface area contributed by atoms with Gasteiger partial charge in [-0.05, 0) is 0 Å². The van der Waals surface area contributed by atoms with Crippen LogP contribution in [0.4, 0.5) is 11.9 Å². The summed E-state index contributed by atoms with van der Waals surface area (Å²) in [4.78, 5) is 32.8. The number of amides is 1. The minimum absolute atomic E-state index is 0.0183. The van der Waals surface area contributed by atoms with Crippen molar-refractivity contribution in [2.75, 3.05) is 44.0 Å². The summed E-state index contributed by atoms with van der Waals surface area (Å²) in [5.74, 6) is 1.37. The van der Waals surface area contributed by atoms with E-state index in [0.717, 1.165) is 31.5 Å². The third-order valence-electron chi connectivity index (χ3n) is 5.35. The Balaban J connectivity index is 1.55. The van der Waals surface area contributed by atoms with E-state index >= 15 is 0 Å². The van der Waals surface area contributed by atoms with Crippen LogP contribution in [-0.4, -0.2) is 76.2 Å². The minimum atomic E-state index is 0.0183. The van der Waals surface area contributed by atoms with E-state index in [4.69, 9.17) is 15.2 Å². The summed E-state index contributed by atoms with van der Waals surface area (Å²) in [5, 5.41) is 0. The highest BCUT2D eigenvalue weighted by Gasteiger charge is 2.35. The highest BCUT2D eigenvalue weighted by molar-refractivity contribution is 5.73. The molecule has 0 unspecified atom stereocenters. The van der Waals surface area contributed by atoms with E-state index in [9.17, 15) is 4.79 Å². The Morgan fingerprint density at radius 1 is 1.24 bits per heavy atom. The lowest BCUT2D eigenvalue weighted by molar-refractivity contribution is -0.133. The Morgan fingerprint density at radius 2 is 1.93 bits per heavy atom. The molecule has 2 aromatic heterocycles. The van der Waals surface area contributed by atoms with Gasteiger partial charge in [0, 0.05) is 70.0 Å². The number of hydrogen-bond donors (Lipinski definition) is 1. The molecule has 1 amide bonds. The molecule has 1 saturated carbocycles. The van der Waals surface area contributed by atoms with Crippen LogP contribution in [0.2, 0.25) is 0 Å². The molecule has 1 aliphatic heterocycles. The van der Waals surface area contributed by atoms with Gasteiger partial charge in [0.2, 0.25) is 23.7 Å². The molecule has 2 fully saturated rings. The highest BCUT2D eigenvalue weighted by atomic mass is 16.5. The number of carbonyl (C=O) groups excluding carboxylic acids is 1. The van der Waals surface area contributed by atoms with E-state index in [-0.39, 0.29) is 24.0 Å². The van der Waals surface area contributed by atoms with E-state index in [1.54, 1.807) is 30.3 Å². The van der Waals surface area contributed by atoms with E-state index in [1.165, 1.54) is 0 Å². The summed E-state index contributed by atoms with van der Waals surface area (Å²) in [6.45, 7) is 4.28. The Labute approximate surface area is 169 Å². The van der Waals surface area contributed by atoms with Gasteiger partial charge in [0.05, 0.1) is 18.9 Å². The smallest absolute Gasteiger partial charge is 0.229 e. The van der Waals surface area contributed by atoms with Crippen molar-refractivity contribution >= 4 is 17.8 Å². The number of carbonyl (C=O) groups is 1. The first-order chi connectivity index (χ1) is 14.0. The topological polar surface area (TPSA) is 120 Å². The molecule has 154 valence electrons. The Hall–Kier alpha value is -3.01. The second-order valence-corrected chi connectivity index (χ2v) is 7.32. The lowest BCUT2D eigenvalue weighted by Gasteiger charge is -2.40. The second kappa shape index (κ2) is 8.16. The first-order valence-electron chi connectivity index (χ1n) is 9.69. The van der Waals surface area contributed by atoms with Crippen molar-refractivity contribution in [1.29, 1.82) is 0 Å². The molecule has 10 heteroatoms. The molecule has 1 aliphatic carbocycles. The highest BCUT2D eigenvalue weighted by Crippen LogP contribution is 2.31. The monoisotopic (exact) mass is 399 g/mol. The maximum Gasteiger partial charge on any atom is 0.229 e. The molecule has 2 aromatic rings. The quantitative estimate of drug-likeness (QED) is 0.776. The number of anilines is 2. The number of aromatic nitrogens is 4. The summed E-state index contributed by atoms with van der Waals surface area (Å²) < 4.78 is 11.5. The molecule has 2 N–H and O–H groups in total. The first-order valence-corrected chi connectivity index (χ1v) is 9.69. The van der Waals surface area contributed by atoms with E-state index < -0.39 is 0 Å². The molecular weight excluding hydrogens is 374 g/mol. The van der Waals surface area contributed by atoms with Crippen LogP contribution in [0.5, 0.6) is 5.88 Å². The molecule has 3 heterocycles. The zero-order valence-electron chi connectivity index (χ0n) is 16.6. The van der Waals surface area contributed by atoms with Gasteiger partial charge in [0.15, 0.2) is 0 Å². The van der Waals surface area contributed by atoms with Crippen molar-refractivity contribution in [2.24, 2.45) is 0 Å². The zero-order chi connectivity index (χ0) is 20.4. The fourth-order valence-corrected chi connectivity index (χ4v) is 3.37. The largest absolute Gasteiger partial charge is 0.474 e. The molecule has 0 spiro atoms. The number of nitrogens with two attached hydrogens (primary N) is 1. The molecule has 0 bridgehead atoms. The van der Waals surface area contributed by atoms with E-state index in [2.05, 4.69) is 24.8 Å². The molecule has 1 saturated heterocycles. The fourth-order valence-electron chi connectivity index (χ4n) is 3.37. The minimum Gasteiger partial charge on any atom is -0.474 e. The summed E-state index contributed by atoms with van der Waals surface area (Å²) in [5.41, 5.74) is 7.02. The standard InChI is InChI=1S/C19H25N7O3/c1-12(27)25(2)14-7-15(8-14)29-17-9-16(13-10-21-18(20)22-11-13)23-19(24-17)26-3-5-28-6-4-26/h9-11,14-15H,3-8H2,1-2H3,(H2,20,21,22). The number of nitrogen functional groups attached to an aromatic ring is 1. The van der Waals surface area contributed by atoms with E-state index in [0.29, 0.717) is 30.7 Å². The van der Waals surface area contributed by atoms with Crippen LogP contribution in [0.1, 0.15) is 19.8 Å². The third kappa shape index (κ3) is 4.37. The van der Waals surface area contributed by atoms with Gasteiger partial charge in [-0.3, -0.25) is 4.79 Å². The van der Waals surface area contributed by atoms with Gasteiger partial charge in [0.1, 0.15) is 6.10 Å². The maximum absolute atomic E-state index is 11.5. The van der Waals surface area contributed by atoms with Crippen molar-refractivity contribution in [3.63, 3.8) is 0 Å². The first kappa shape index (κ1) is 19.3. The lowest BCUT2D eigenvalue weighted by Crippen LogP contribution is -2.49. The molecule has 2 aliphatic rings. The molecule has 4 rings (SSSR count). The second-order valence-electron chi connectivity index (χ2n) is 7.32. The van der Waals surface area contributed by atoms with Crippen LogP contribution >= 0.6 is 0 Å². The van der Waals surface area contributed by atoms with Gasteiger partial charge in [-0.25, -0.2) is 15.0 Å². The average molecular weight is 399 g/mol. The van der Waals surface area contributed by atoms with Crippen LogP contribution in [0.15, 0.2) is 18.5 Å². The summed E-state index contributed by atoms with van der Waals surface area (Å²) >= 11 is 0. The van der Waals surface area contributed by atoms with Gasteiger partial charge in [0.25, 0.3) is 0 Å². The van der Waals surface area contributed by atoms with Crippen molar-refractivity contribution in [2.45, 2.75) is 31.9 Å². The van der Waals surface area contributed by atoms with Crippen LogP contribution in [0.3, 0.4) is 0 Å². The lowest BCUT2D eigenvalue weighted by atomic mass is 9.88. The SMILES string of the molecule is CC(=O)N(C)C1CC(Oc2cc(-c3cnc(N)nc3)nc(N3CCOCC3)n2)C1. The summed E-state index contributed by atoms with van der Waals surface area (Å²) in [7, 11) is 1.82. The van der Waals surface area contributed by atoms with Crippen LogP contribution in [0, 0.1) is 0 Å². The normalized spacial score (nSPS) is 21.4. The summed E-state index contributed by atoms with van der Waals surface area (Å²) in [6, 6.07) is 2.00. The predicted octanol–water partition coefficient (Wildman–Crippen LogP) is 0.741. The van der Waals surface area contributed by atoms with Gasteiger partial charge in [-0.15, -0.1) is 0 Å². The van der Waals surface area contributed by atoms with Crippen molar-refractivity contribution in [3.8, 4) is 17.1 Å². The molecule has 29 heavy (non-hydrogen) atoms. The van der Waals surface area contributed by atoms with Gasteiger partial charge in [-0.2, -0.15) is 4.98 Å². The molecule has 0 atom stereocenters. The molecule has 0 aromatic carbocycles. The Bertz CT molecular complexity index is 865. The number of morpholine rings is 1. The fraction of sp³-hybridized carbons (Fsp3) is 0.526. The number of nitrogens with zero attached hydrogens (tertiary/aromatic N) is 6. The predicted molar refractivity (Wildman–Crippen MR) is 106 cm³/mol. The third-order valence-corrected chi connectivity index (χ3v) is 5.35. The number of rotatable bonds is 5.